The molecule has 0 radical (unpaired) electrons. The lowest BCUT2D eigenvalue weighted by Crippen LogP contribution is -2.27. The van der Waals surface area contributed by atoms with Gasteiger partial charge in [-0.05, 0) is 31.5 Å². The van der Waals surface area contributed by atoms with E-state index in [1.54, 1.807) is 32.4 Å². The molecule has 26 heavy (non-hydrogen) atoms. The average molecular weight is 358 g/mol. The van der Waals surface area contributed by atoms with Crippen molar-refractivity contribution in [3.8, 4) is 11.5 Å². The fourth-order valence-corrected chi connectivity index (χ4v) is 3.25. The fraction of sp³-hybridized carbons (Fsp3) is 0.474. The maximum atomic E-state index is 12.4. The van der Waals surface area contributed by atoms with Crippen molar-refractivity contribution in [3.63, 3.8) is 0 Å². The third-order valence-corrected chi connectivity index (χ3v) is 4.55. The van der Waals surface area contributed by atoms with Crippen molar-refractivity contribution in [1.29, 1.82) is 0 Å². The number of fused-ring (bicyclic) bond motifs is 1. The number of hydrogen-bond acceptors (Lipinski definition) is 5. The minimum Gasteiger partial charge on any atom is -0.497 e. The normalized spacial score (nSPS) is 14.4. The van der Waals surface area contributed by atoms with Crippen LogP contribution in [0.15, 0.2) is 24.3 Å². The zero-order chi connectivity index (χ0) is 18.5. The maximum absolute atomic E-state index is 12.4. The molecule has 1 aliphatic rings. The molecular weight excluding hydrogens is 332 g/mol. The molecule has 1 amide bonds. The van der Waals surface area contributed by atoms with Crippen LogP contribution in [0.1, 0.15) is 24.2 Å². The lowest BCUT2D eigenvalue weighted by atomic mass is 10.2. The van der Waals surface area contributed by atoms with Crippen LogP contribution in [0.3, 0.4) is 0 Å². The van der Waals surface area contributed by atoms with Crippen LogP contribution in [0.5, 0.6) is 11.5 Å². The van der Waals surface area contributed by atoms with Crippen LogP contribution in [0.4, 0.5) is 5.69 Å². The standard InChI is InChI=1S/C19H26N4O3/c1-14-11-15-13-22(8-4-9-23(15)21-14)10-7-19(24)20-17-12-16(25-2)5-6-18(17)26-3/h5-6,11-12H,4,7-10,13H2,1-3H3,(H,20,24). The largest absolute Gasteiger partial charge is 0.497 e. The number of benzene rings is 1. The van der Waals surface area contributed by atoms with Gasteiger partial charge < -0.3 is 14.8 Å². The molecule has 1 aromatic carbocycles. The summed E-state index contributed by atoms with van der Waals surface area (Å²) in [6, 6.07) is 7.48. The van der Waals surface area contributed by atoms with E-state index in [-0.39, 0.29) is 5.91 Å². The van der Waals surface area contributed by atoms with Crippen LogP contribution in [-0.2, 0) is 17.9 Å². The van der Waals surface area contributed by atoms with Gasteiger partial charge in [0, 0.05) is 38.7 Å². The van der Waals surface area contributed by atoms with Crippen molar-refractivity contribution in [1.82, 2.24) is 14.7 Å². The Kier molecular flexibility index (Phi) is 5.78. The number of methoxy groups -OCH3 is 2. The second kappa shape index (κ2) is 8.23. The van der Waals surface area contributed by atoms with Crippen LogP contribution in [0.25, 0.3) is 0 Å². The minimum absolute atomic E-state index is 0.0366. The molecule has 7 heteroatoms. The van der Waals surface area contributed by atoms with Crippen LogP contribution >= 0.6 is 0 Å². The topological polar surface area (TPSA) is 68.6 Å². The molecule has 7 nitrogen and oxygen atoms in total. The molecule has 0 atom stereocenters. The maximum Gasteiger partial charge on any atom is 0.225 e. The predicted molar refractivity (Wildman–Crippen MR) is 99.7 cm³/mol. The quantitative estimate of drug-likeness (QED) is 0.859. The van der Waals surface area contributed by atoms with Gasteiger partial charge >= 0.3 is 0 Å². The van der Waals surface area contributed by atoms with Gasteiger partial charge in [-0.15, -0.1) is 0 Å². The lowest BCUT2D eigenvalue weighted by molar-refractivity contribution is -0.116. The predicted octanol–water partition coefficient (Wildman–Crippen LogP) is 2.44. The number of rotatable bonds is 6. The smallest absolute Gasteiger partial charge is 0.225 e. The molecule has 0 spiro atoms. The number of ether oxygens (including phenoxy) is 2. The van der Waals surface area contributed by atoms with Gasteiger partial charge in [0.25, 0.3) is 0 Å². The summed E-state index contributed by atoms with van der Waals surface area (Å²) in [5.41, 5.74) is 2.89. The Morgan fingerprint density at radius 2 is 2.08 bits per heavy atom. The van der Waals surface area contributed by atoms with E-state index in [1.165, 1.54) is 5.69 Å². The Morgan fingerprint density at radius 3 is 2.85 bits per heavy atom. The van der Waals surface area contributed by atoms with Gasteiger partial charge in [-0.1, -0.05) is 0 Å². The fourth-order valence-electron chi connectivity index (χ4n) is 3.25. The first kappa shape index (κ1) is 18.3. The van der Waals surface area contributed by atoms with Gasteiger partial charge in [0.2, 0.25) is 5.91 Å². The van der Waals surface area contributed by atoms with Crippen molar-refractivity contribution in [2.45, 2.75) is 32.9 Å². The summed E-state index contributed by atoms with van der Waals surface area (Å²) in [5.74, 6) is 1.26. The number of anilines is 1. The van der Waals surface area contributed by atoms with E-state index < -0.39 is 0 Å². The van der Waals surface area contributed by atoms with Crippen molar-refractivity contribution in [2.24, 2.45) is 0 Å². The van der Waals surface area contributed by atoms with Gasteiger partial charge in [0.15, 0.2) is 0 Å². The highest BCUT2D eigenvalue weighted by atomic mass is 16.5. The molecule has 2 aromatic rings. The van der Waals surface area contributed by atoms with E-state index in [2.05, 4.69) is 26.1 Å². The number of carbonyl (C=O) groups excluding carboxylic acids is 1. The Morgan fingerprint density at radius 1 is 1.23 bits per heavy atom. The first-order valence-electron chi connectivity index (χ1n) is 8.86. The van der Waals surface area contributed by atoms with Gasteiger partial charge in [0.05, 0.1) is 31.3 Å². The van der Waals surface area contributed by atoms with E-state index >= 15 is 0 Å². The summed E-state index contributed by atoms with van der Waals surface area (Å²) in [6.07, 6.45) is 1.47. The van der Waals surface area contributed by atoms with E-state index in [0.29, 0.717) is 30.2 Å². The number of hydrogen-bond donors (Lipinski definition) is 1. The van der Waals surface area contributed by atoms with Gasteiger partial charge in [-0.2, -0.15) is 5.10 Å². The van der Waals surface area contributed by atoms with Crippen LogP contribution in [0.2, 0.25) is 0 Å². The summed E-state index contributed by atoms with van der Waals surface area (Å²) >= 11 is 0. The van der Waals surface area contributed by atoms with E-state index in [1.807, 2.05) is 6.92 Å². The number of nitrogens with one attached hydrogen (secondary N) is 1. The lowest BCUT2D eigenvalue weighted by Gasteiger charge is -2.19. The molecule has 140 valence electrons. The van der Waals surface area contributed by atoms with Gasteiger partial charge in [-0.3, -0.25) is 14.4 Å². The second-order valence-corrected chi connectivity index (χ2v) is 6.49. The number of aryl methyl sites for hydroxylation is 2. The first-order chi connectivity index (χ1) is 12.6. The molecule has 0 saturated carbocycles. The molecule has 1 N–H and O–H groups in total. The number of amides is 1. The average Bonchev–Trinajstić information content (AvgIpc) is 2.87. The van der Waals surface area contributed by atoms with Crippen LogP contribution in [0, 0.1) is 6.92 Å². The van der Waals surface area contributed by atoms with Crippen molar-refractivity contribution < 1.29 is 14.3 Å². The third kappa shape index (κ3) is 4.35. The number of nitrogens with zero attached hydrogens (tertiary/aromatic N) is 3. The van der Waals surface area contributed by atoms with E-state index in [0.717, 1.165) is 31.7 Å². The summed E-state index contributed by atoms with van der Waals surface area (Å²) in [5, 5.41) is 7.44. The molecule has 3 rings (SSSR count). The van der Waals surface area contributed by atoms with E-state index in [4.69, 9.17) is 9.47 Å². The molecule has 0 fully saturated rings. The highest BCUT2D eigenvalue weighted by Crippen LogP contribution is 2.29. The number of aromatic nitrogens is 2. The Balaban J connectivity index is 1.57. The summed E-state index contributed by atoms with van der Waals surface area (Å²) in [7, 11) is 3.18. The monoisotopic (exact) mass is 358 g/mol. The second-order valence-electron chi connectivity index (χ2n) is 6.49. The zero-order valence-electron chi connectivity index (χ0n) is 15.6. The summed E-state index contributed by atoms with van der Waals surface area (Å²) in [4.78, 5) is 14.7. The Hall–Kier alpha value is -2.54. The first-order valence-corrected chi connectivity index (χ1v) is 8.86. The molecule has 2 heterocycles. The summed E-state index contributed by atoms with van der Waals surface area (Å²) < 4.78 is 12.6. The third-order valence-electron chi connectivity index (χ3n) is 4.55. The SMILES string of the molecule is COc1ccc(OC)c(NC(=O)CCN2CCCn3nc(C)cc3C2)c1. The Labute approximate surface area is 153 Å². The van der Waals surface area contributed by atoms with Gasteiger partial charge in [0.1, 0.15) is 11.5 Å². The molecule has 1 aromatic heterocycles. The van der Waals surface area contributed by atoms with Crippen molar-refractivity contribution in [2.75, 3.05) is 32.6 Å². The van der Waals surface area contributed by atoms with E-state index in [9.17, 15) is 4.79 Å². The van der Waals surface area contributed by atoms with Crippen molar-refractivity contribution in [3.05, 3.63) is 35.7 Å². The molecular formula is C19H26N4O3. The molecule has 0 saturated heterocycles. The van der Waals surface area contributed by atoms with Gasteiger partial charge in [-0.25, -0.2) is 0 Å². The summed E-state index contributed by atoms with van der Waals surface area (Å²) in [6.45, 7) is 5.46. The molecule has 0 unspecified atom stereocenters. The minimum atomic E-state index is -0.0366. The highest BCUT2D eigenvalue weighted by Gasteiger charge is 2.17. The molecule has 0 aliphatic carbocycles. The zero-order valence-corrected chi connectivity index (χ0v) is 15.6. The van der Waals surface area contributed by atoms with Crippen molar-refractivity contribution >= 4 is 11.6 Å². The molecule has 0 bridgehead atoms. The van der Waals surface area contributed by atoms with Crippen LogP contribution < -0.4 is 14.8 Å². The highest BCUT2D eigenvalue weighted by molar-refractivity contribution is 5.92. The van der Waals surface area contributed by atoms with Crippen LogP contribution in [-0.4, -0.2) is 47.9 Å². The number of carbonyl (C=O) groups is 1. The molecule has 1 aliphatic heterocycles. The Bertz CT molecular complexity index is 772.